The summed E-state index contributed by atoms with van der Waals surface area (Å²) in [4.78, 5) is 9.44. The van der Waals surface area contributed by atoms with E-state index in [0.29, 0.717) is 54.8 Å². The highest BCUT2D eigenvalue weighted by molar-refractivity contribution is 7.89. The van der Waals surface area contributed by atoms with Gasteiger partial charge in [-0.15, -0.1) is 0 Å². The van der Waals surface area contributed by atoms with Crippen molar-refractivity contribution in [1.29, 1.82) is 0 Å². The van der Waals surface area contributed by atoms with E-state index in [9.17, 15) is 8.42 Å². The molecule has 0 saturated carbocycles. The molecule has 45 heavy (non-hydrogen) atoms. The molecule has 5 rings (SSSR count). The van der Waals surface area contributed by atoms with Gasteiger partial charge in [0, 0.05) is 69.8 Å². The highest BCUT2D eigenvalue weighted by Gasteiger charge is 2.24. The summed E-state index contributed by atoms with van der Waals surface area (Å²) in [5.74, 6) is 0.607. The van der Waals surface area contributed by atoms with E-state index < -0.39 is 10.0 Å². The molecule has 0 amide bonds. The van der Waals surface area contributed by atoms with Crippen LogP contribution >= 0.6 is 23.2 Å². The van der Waals surface area contributed by atoms with Crippen molar-refractivity contribution in [2.24, 2.45) is 0 Å². The van der Waals surface area contributed by atoms with Crippen LogP contribution in [0.3, 0.4) is 0 Å². The van der Waals surface area contributed by atoms with Crippen LogP contribution in [0.25, 0.3) is 21.8 Å². The molecule has 2 aromatic heterocycles. The number of fused-ring (bicyclic) bond motifs is 2. The molecule has 0 unspecified atom stereocenters. The van der Waals surface area contributed by atoms with Crippen molar-refractivity contribution >= 4 is 66.4 Å². The van der Waals surface area contributed by atoms with Crippen molar-refractivity contribution in [3.63, 3.8) is 0 Å². The van der Waals surface area contributed by atoms with Crippen molar-refractivity contribution in [3.05, 3.63) is 94.2 Å². The lowest BCUT2D eigenvalue weighted by Gasteiger charge is -2.23. The van der Waals surface area contributed by atoms with E-state index >= 15 is 0 Å². The van der Waals surface area contributed by atoms with Gasteiger partial charge in [0.1, 0.15) is 5.75 Å². The molecule has 0 atom stereocenters. The van der Waals surface area contributed by atoms with Crippen molar-refractivity contribution in [1.82, 2.24) is 14.3 Å². The molecule has 8 nitrogen and oxygen atoms in total. The van der Waals surface area contributed by atoms with Gasteiger partial charge in [0.25, 0.3) is 0 Å². The molecule has 0 aliphatic heterocycles. The van der Waals surface area contributed by atoms with Gasteiger partial charge in [-0.1, -0.05) is 23.2 Å². The minimum atomic E-state index is -3.72. The number of aromatic nitrogens is 2. The second-order valence-corrected chi connectivity index (χ2v) is 13.7. The van der Waals surface area contributed by atoms with E-state index in [4.69, 9.17) is 27.9 Å². The first kappa shape index (κ1) is 32.8. The number of benzene rings is 3. The summed E-state index contributed by atoms with van der Waals surface area (Å²) in [6.07, 6.45) is 2.07. The standard InChI is InChI=1S/C34H37Cl2N5O3S/c1-23-19-33(29-21-25(35)7-13-31(29)39-23)37-15-4-5-17-41(45(42,43)28-11-9-27(44-3)10-12-28)18-6-16-38-34-20-24(2)40-32-14-8-26(36)22-30(32)34/h7-14,19-22H,4-6,15-18H2,1-3H3,(H,37,39)(H,38,40). The Hall–Kier alpha value is -3.63. The Morgan fingerprint density at radius 1 is 0.711 bits per heavy atom. The number of sulfonamides is 1. The number of nitrogens with zero attached hydrogens (tertiary/aromatic N) is 3. The number of halogens is 2. The van der Waals surface area contributed by atoms with Crippen LogP contribution in [0, 0.1) is 13.8 Å². The Morgan fingerprint density at radius 3 is 1.76 bits per heavy atom. The zero-order valence-electron chi connectivity index (χ0n) is 25.6. The van der Waals surface area contributed by atoms with Gasteiger partial charge >= 0.3 is 0 Å². The number of nitrogens with one attached hydrogen (secondary N) is 2. The van der Waals surface area contributed by atoms with Crippen molar-refractivity contribution < 1.29 is 13.2 Å². The third-order valence-corrected chi connectivity index (χ3v) is 9.93. The zero-order valence-corrected chi connectivity index (χ0v) is 27.9. The number of aryl methyl sites for hydroxylation is 2. The number of ether oxygens (including phenoxy) is 1. The molecule has 0 spiro atoms. The minimum absolute atomic E-state index is 0.246. The second-order valence-electron chi connectivity index (χ2n) is 10.9. The van der Waals surface area contributed by atoms with Gasteiger partial charge in [-0.05, 0) is 106 Å². The quantitative estimate of drug-likeness (QED) is 0.116. The van der Waals surface area contributed by atoms with Crippen LogP contribution in [-0.2, 0) is 10.0 Å². The predicted octanol–water partition coefficient (Wildman–Crippen LogP) is 8.10. The Labute approximate surface area is 274 Å². The van der Waals surface area contributed by atoms with Gasteiger partial charge in [0.15, 0.2) is 0 Å². The average molecular weight is 667 g/mol. The first-order valence-corrected chi connectivity index (χ1v) is 17.1. The molecule has 11 heteroatoms. The maximum atomic E-state index is 13.8. The molecule has 5 aromatic rings. The van der Waals surface area contributed by atoms with Crippen LogP contribution in [0.4, 0.5) is 11.4 Å². The summed E-state index contributed by atoms with van der Waals surface area (Å²) in [5, 5.41) is 10.2. The third-order valence-electron chi connectivity index (χ3n) is 7.54. The van der Waals surface area contributed by atoms with E-state index in [1.165, 1.54) is 0 Å². The first-order chi connectivity index (χ1) is 21.6. The Kier molecular flexibility index (Phi) is 10.7. The van der Waals surface area contributed by atoms with Crippen LogP contribution in [0.1, 0.15) is 30.7 Å². The Morgan fingerprint density at radius 2 is 1.22 bits per heavy atom. The monoisotopic (exact) mass is 665 g/mol. The van der Waals surface area contributed by atoms with Gasteiger partial charge in [0.2, 0.25) is 10.0 Å². The van der Waals surface area contributed by atoms with E-state index in [1.54, 1.807) is 35.7 Å². The predicted molar refractivity (Wildman–Crippen MR) is 186 cm³/mol. The second kappa shape index (κ2) is 14.6. The summed E-state index contributed by atoms with van der Waals surface area (Å²) in [6.45, 7) is 5.93. The zero-order chi connectivity index (χ0) is 32.0. The number of hydrogen-bond donors (Lipinski definition) is 2. The molecule has 2 heterocycles. The first-order valence-electron chi connectivity index (χ1n) is 14.9. The lowest BCUT2D eigenvalue weighted by molar-refractivity contribution is 0.398. The van der Waals surface area contributed by atoms with E-state index in [1.807, 2.05) is 62.4 Å². The smallest absolute Gasteiger partial charge is 0.243 e. The van der Waals surface area contributed by atoms with Gasteiger partial charge < -0.3 is 15.4 Å². The molecule has 236 valence electrons. The maximum Gasteiger partial charge on any atom is 0.243 e. The molecule has 0 bridgehead atoms. The Balaban J connectivity index is 1.24. The number of pyridine rings is 2. The van der Waals surface area contributed by atoms with E-state index in [-0.39, 0.29) is 4.90 Å². The molecule has 0 aliphatic rings. The van der Waals surface area contributed by atoms with Gasteiger partial charge in [-0.25, -0.2) is 8.42 Å². The highest BCUT2D eigenvalue weighted by atomic mass is 35.5. The fraction of sp³-hybridized carbons (Fsp3) is 0.294. The molecule has 3 aromatic carbocycles. The molecule has 0 fully saturated rings. The molecule has 0 saturated heterocycles. The summed E-state index contributed by atoms with van der Waals surface area (Å²) < 4.78 is 34.3. The summed E-state index contributed by atoms with van der Waals surface area (Å²) in [6, 6.07) is 21.8. The highest BCUT2D eigenvalue weighted by Crippen LogP contribution is 2.28. The van der Waals surface area contributed by atoms with Crippen LogP contribution in [-0.4, -0.2) is 56.0 Å². The van der Waals surface area contributed by atoms with E-state index in [2.05, 4.69) is 20.6 Å². The fourth-order valence-corrected chi connectivity index (χ4v) is 7.18. The lowest BCUT2D eigenvalue weighted by Crippen LogP contribution is -2.34. The van der Waals surface area contributed by atoms with Crippen molar-refractivity contribution in [2.45, 2.75) is 38.0 Å². The average Bonchev–Trinajstić information content (AvgIpc) is 3.02. The SMILES string of the molecule is COc1ccc(S(=O)(=O)N(CCCCNc2cc(C)nc3ccc(Cl)cc23)CCCNc2cc(C)nc3ccc(Cl)cc23)cc1. The topological polar surface area (TPSA) is 96.5 Å². The normalized spacial score (nSPS) is 11.8. The number of unbranched alkanes of at least 4 members (excludes halogenated alkanes) is 1. The van der Waals surface area contributed by atoms with Gasteiger partial charge in [-0.3, -0.25) is 9.97 Å². The molecule has 2 N–H and O–H groups in total. The fourth-order valence-electron chi connectivity index (χ4n) is 5.32. The van der Waals surface area contributed by atoms with Crippen molar-refractivity contribution in [3.8, 4) is 5.75 Å². The van der Waals surface area contributed by atoms with Crippen LogP contribution < -0.4 is 15.4 Å². The largest absolute Gasteiger partial charge is 0.497 e. The van der Waals surface area contributed by atoms with Crippen molar-refractivity contribution in [2.75, 3.05) is 43.9 Å². The molecule has 0 radical (unpaired) electrons. The molecular formula is C34H37Cl2N5O3S. The number of methoxy groups -OCH3 is 1. The van der Waals surface area contributed by atoms with Crippen LogP contribution in [0.5, 0.6) is 5.75 Å². The number of anilines is 2. The lowest BCUT2D eigenvalue weighted by atomic mass is 10.1. The summed E-state index contributed by atoms with van der Waals surface area (Å²) in [5.41, 5.74) is 5.44. The number of hydrogen-bond acceptors (Lipinski definition) is 7. The maximum absolute atomic E-state index is 13.8. The van der Waals surface area contributed by atoms with Gasteiger partial charge in [-0.2, -0.15) is 4.31 Å². The summed E-state index contributed by atoms with van der Waals surface area (Å²) in [7, 11) is -2.16. The van der Waals surface area contributed by atoms with Crippen LogP contribution in [0.15, 0.2) is 77.7 Å². The minimum Gasteiger partial charge on any atom is -0.497 e. The van der Waals surface area contributed by atoms with Gasteiger partial charge in [0.05, 0.1) is 23.0 Å². The molecular weight excluding hydrogens is 629 g/mol. The summed E-state index contributed by atoms with van der Waals surface area (Å²) >= 11 is 12.5. The third kappa shape index (κ3) is 8.16. The van der Waals surface area contributed by atoms with Crippen LogP contribution in [0.2, 0.25) is 10.0 Å². The Bertz CT molecular complexity index is 1900. The number of rotatable bonds is 14. The van der Waals surface area contributed by atoms with E-state index in [0.717, 1.165) is 51.0 Å². The molecule has 0 aliphatic carbocycles.